The summed E-state index contributed by atoms with van der Waals surface area (Å²) >= 11 is 0. The molecule has 8 heteroatoms. The second-order valence-corrected chi connectivity index (χ2v) is 6.28. The summed E-state index contributed by atoms with van der Waals surface area (Å²) in [6.45, 7) is 5.68. The predicted molar refractivity (Wildman–Crippen MR) is 96.4 cm³/mol. The number of halogens is 2. The Kier molecular flexibility index (Phi) is 6.08. The first kappa shape index (κ1) is 18.9. The molecule has 6 nitrogen and oxygen atoms in total. The first-order chi connectivity index (χ1) is 13.0. The van der Waals surface area contributed by atoms with Crippen LogP contribution >= 0.6 is 0 Å². The largest absolute Gasteiger partial charge is 0.403 e. The summed E-state index contributed by atoms with van der Waals surface area (Å²) in [5.74, 6) is -0.955. The molecule has 1 fully saturated rings. The molecule has 142 valence electrons. The van der Waals surface area contributed by atoms with Gasteiger partial charge in [0, 0.05) is 37.8 Å². The highest BCUT2D eigenvalue weighted by Crippen LogP contribution is 2.17. The van der Waals surface area contributed by atoms with E-state index in [0.29, 0.717) is 24.3 Å². The number of hydrogen-bond donors (Lipinski definition) is 1. The van der Waals surface area contributed by atoms with Crippen molar-refractivity contribution in [3.63, 3.8) is 0 Å². The van der Waals surface area contributed by atoms with Gasteiger partial charge in [0.05, 0.1) is 12.4 Å². The summed E-state index contributed by atoms with van der Waals surface area (Å²) in [5.41, 5.74) is 0.517. The van der Waals surface area contributed by atoms with Crippen LogP contribution in [0.2, 0.25) is 0 Å². The smallest absolute Gasteiger partial charge is 0.336 e. The van der Waals surface area contributed by atoms with Crippen LogP contribution in [0, 0.1) is 11.6 Å². The molecule has 0 bridgehead atoms. The number of rotatable bonds is 7. The monoisotopic (exact) mass is 374 g/mol. The summed E-state index contributed by atoms with van der Waals surface area (Å²) in [6.07, 6.45) is 5.37. The van der Waals surface area contributed by atoms with Gasteiger partial charge in [-0.05, 0) is 24.5 Å². The predicted octanol–water partition coefficient (Wildman–Crippen LogP) is 2.58. The molecular formula is C19H20F2N4O2. The van der Waals surface area contributed by atoms with Gasteiger partial charge in [0.1, 0.15) is 17.5 Å². The average Bonchev–Trinajstić information content (AvgIpc) is 3.10. The molecule has 1 aliphatic rings. The maximum atomic E-state index is 13.7. The summed E-state index contributed by atoms with van der Waals surface area (Å²) in [7, 11) is 0. The molecule has 2 aromatic rings. The van der Waals surface area contributed by atoms with Gasteiger partial charge in [0.15, 0.2) is 0 Å². The van der Waals surface area contributed by atoms with Crippen LogP contribution in [0.25, 0.3) is 0 Å². The number of esters is 1. The fraction of sp³-hybridized carbons (Fsp3) is 0.316. The van der Waals surface area contributed by atoms with Crippen molar-refractivity contribution in [1.82, 2.24) is 14.9 Å². The Labute approximate surface area is 155 Å². The van der Waals surface area contributed by atoms with Crippen molar-refractivity contribution in [3.8, 4) is 5.88 Å². The van der Waals surface area contributed by atoms with E-state index < -0.39 is 17.6 Å². The zero-order chi connectivity index (χ0) is 19.2. The Morgan fingerprint density at radius 3 is 2.93 bits per heavy atom. The molecule has 0 spiro atoms. The number of likely N-dealkylation sites (tertiary alicyclic amines) is 1. The van der Waals surface area contributed by atoms with Crippen LogP contribution in [0.3, 0.4) is 0 Å². The molecular weight excluding hydrogens is 354 g/mol. The molecule has 27 heavy (non-hydrogen) atoms. The van der Waals surface area contributed by atoms with E-state index in [9.17, 15) is 13.6 Å². The quantitative estimate of drug-likeness (QED) is 0.594. The molecule has 3 rings (SSSR count). The van der Waals surface area contributed by atoms with Gasteiger partial charge in [0.25, 0.3) is 0 Å². The van der Waals surface area contributed by atoms with Crippen LogP contribution in [0.1, 0.15) is 12.0 Å². The molecule has 1 saturated heterocycles. The van der Waals surface area contributed by atoms with Crippen molar-refractivity contribution < 1.29 is 18.3 Å². The molecule has 1 aromatic heterocycles. The normalized spacial score (nSPS) is 16.9. The van der Waals surface area contributed by atoms with E-state index in [1.165, 1.54) is 24.5 Å². The van der Waals surface area contributed by atoms with E-state index >= 15 is 0 Å². The number of anilines is 1. The van der Waals surface area contributed by atoms with E-state index in [0.717, 1.165) is 31.7 Å². The third-order valence-corrected chi connectivity index (χ3v) is 4.34. The molecule has 0 amide bonds. The second-order valence-electron chi connectivity index (χ2n) is 6.28. The maximum absolute atomic E-state index is 13.7. The first-order valence-electron chi connectivity index (χ1n) is 8.62. The van der Waals surface area contributed by atoms with E-state index in [4.69, 9.17) is 4.74 Å². The molecule has 1 atom stereocenters. The fourth-order valence-corrected chi connectivity index (χ4v) is 2.95. The van der Waals surface area contributed by atoms with Crippen LogP contribution in [0.4, 0.5) is 14.6 Å². The Morgan fingerprint density at radius 2 is 2.22 bits per heavy atom. The molecule has 2 heterocycles. The highest BCUT2D eigenvalue weighted by Gasteiger charge is 2.22. The van der Waals surface area contributed by atoms with E-state index in [-0.39, 0.29) is 11.9 Å². The van der Waals surface area contributed by atoms with Crippen molar-refractivity contribution in [2.75, 3.05) is 25.0 Å². The van der Waals surface area contributed by atoms with Gasteiger partial charge in [0.2, 0.25) is 5.88 Å². The third-order valence-electron chi connectivity index (χ3n) is 4.34. The number of hydrogen-bond acceptors (Lipinski definition) is 6. The van der Waals surface area contributed by atoms with E-state index in [1.807, 2.05) is 0 Å². The minimum atomic E-state index is -0.589. The third kappa shape index (κ3) is 5.30. The molecule has 0 radical (unpaired) electrons. The standard InChI is InChI=1S/C19H20F2N4O2/c1-2-19(26)27-18-11-22-17(10-23-18)24-15-6-8-25(12-15)7-5-13-3-4-14(20)9-16(13)21/h2-4,9-11,15H,1,5-8,12H2,(H,22,24)/t15-/m1/s1. The van der Waals surface area contributed by atoms with Gasteiger partial charge in [-0.3, -0.25) is 0 Å². The lowest BCUT2D eigenvalue weighted by Gasteiger charge is -2.17. The van der Waals surface area contributed by atoms with Gasteiger partial charge < -0.3 is 15.0 Å². The Morgan fingerprint density at radius 1 is 1.37 bits per heavy atom. The van der Waals surface area contributed by atoms with Crippen molar-refractivity contribution in [1.29, 1.82) is 0 Å². The van der Waals surface area contributed by atoms with Gasteiger partial charge in [-0.25, -0.2) is 23.5 Å². The molecule has 0 saturated carbocycles. The topological polar surface area (TPSA) is 67.3 Å². The Balaban J connectivity index is 1.46. The number of carbonyl (C=O) groups is 1. The Bertz CT molecular complexity index is 814. The Hall–Kier alpha value is -2.87. The lowest BCUT2D eigenvalue weighted by atomic mass is 10.1. The molecule has 1 aliphatic heterocycles. The highest BCUT2D eigenvalue weighted by molar-refractivity contribution is 5.83. The lowest BCUT2D eigenvalue weighted by molar-refractivity contribution is -0.129. The van der Waals surface area contributed by atoms with Gasteiger partial charge in [-0.2, -0.15) is 0 Å². The summed E-state index contributed by atoms with van der Waals surface area (Å²) in [4.78, 5) is 21.5. The van der Waals surface area contributed by atoms with Crippen LogP contribution in [-0.2, 0) is 11.2 Å². The molecule has 0 aliphatic carbocycles. The average molecular weight is 374 g/mol. The van der Waals surface area contributed by atoms with E-state index in [2.05, 4.69) is 26.8 Å². The number of aromatic nitrogens is 2. The summed E-state index contributed by atoms with van der Waals surface area (Å²) in [6, 6.07) is 3.88. The van der Waals surface area contributed by atoms with Gasteiger partial charge in [-0.1, -0.05) is 12.6 Å². The molecule has 1 aromatic carbocycles. The second kappa shape index (κ2) is 8.68. The highest BCUT2D eigenvalue weighted by atomic mass is 19.1. The zero-order valence-electron chi connectivity index (χ0n) is 14.7. The number of carbonyl (C=O) groups excluding carboxylic acids is 1. The minimum Gasteiger partial charge on any atom is -0.403 e. The lowest BCUT2D eigenvalue weighted by Crippen LogP contribution is -2.28. The van der Waals surface area contributed by atoms with E-state index in [1.54, 1.807) is 0 Å². The minimum absolute atomic E-state index is 0.111. The van der Waals surface area contributed by atoms with Crippen LogP contribution in [-0.4, -0.2) is 46.5 Å². The van der Waals surface area contributed by atoms with Crippen molar-refractivity contribution in [3.05, 3.63) is 60.4 Å². The number of nitrogens with one attached hydrogen (secondary N) is 1. The van der Waals surface area contributed by atoms with Crippen LogP contribution < -0.4 is 10.1 Å². The van der Waals surface area contributed by atoms with Gasteiger partial charge >= 0.3 is 5.97 Å². The zero-order valence-corrected chi connectivity index (χ0v) is 14.7. The summed E-state index contributed by atoms with van der Waals surface area (Å²) in [5, 5.41) is 3.28. The van der Waals surface area contributed by atoms with Crippen molar-refractivity contribution in [2.45, 2.75) is 18.9 Å². The molecule has 0 unspecified atom stereocenters. The first-order valence-corrected chi connectivity index (χ1v) is 8.62. The van der Waals surface area contributed by atoms with Crippen molar-refractivity contribution in [2.24, 2.45) is 0 Å². The number of ether oxygens (including phenoxy) is 1. The molecule has 1 N–H and O–H groups in total. The number of benzene rings is 1. The number of nitrogens with zero attached hydrogens (tertiary/aromatic N) is 3. The van der Waals surface area contributed by atoms with Crippen LogP contribution in [0.5, 0.6) is 5.88 Å². The summed E-state index contributed by atoms with van der Waals surface area (Å²) < 4.78 is 31.5. The SMILES string of the molecule is C=CC(=O)Oc1cnc(N[C@@H]2CCN(CCc3ccc(F)cc3F)C2)cn1. The maximum Gasteiger partial charge on any atom is 0.336 e. The fourth-order valence-electron chi connectivity index (χ4n) is 2.95. The van der Waals surface area contributed by atoms with Crippen LogP contribution in [0.15, 0.2) is 43.2 Å². The van der Waals surface area contributed by atoms with Gasteiger partial charge in [-0.15, -0.1) is 0 Å². The van der Waals surface area contributed by atoms with Crippen molar-refractivity contribution >= 4 is 11.8 Å².